The molecule has 420 valence electrons. The minimum Gasteiger partial charge on any atom is -0.459 e. The molecule has 0 spiro atoms. The van der Waals surface area contributed by atoms with Crippen molar-refractivity contribution >= 4 is 41.8 Å². The van der Waals surface area contributed by atoms with E-state index in [2.05, 4.69) is 0 Å². The molecule has 7 aromatic rings. The van der Waals surface area contributed by atoms with E-state index in [0.29, 0.717) is 0 Å². The van der Waals surface area contributed by atoms with Crippen molar-refractivity contribution in [2.75, 3.05) is 19.8 Å². The normalized spacial score (nSPS) is 22.9. The minimum atomic E-state index is -2.31. The van der Waals surface area contributed by atoms with Crippen LogP contribution in [-0.4, -0.2) is 123 Å². The first-order valence-electron chi connectivity index (χ1n) is 26.2. The molecule has 0 radical (unpaired) electrons. The third-order valence-corrected chi connectivity index (χ3v) is 13.4. The van der Waals surface area contributed by atoms with Gasteiger partial charge < -0.3 is 52.1 Å². The molecule has 2 heterocycles. The van der Waals surface area contributed by atoms with Crippen LogP contribution in [0.2, 0.25) is 0 Å². The van der Waals surface area contributed by atoms with E-state index in [1.165, 1.54) is 91.9 Å². The average Bonchev–Trinajstić information content (AvgIpc) is 3.69. The Hall–Kier alpha value is -9.33. The van der Waals surface area contributed by atoms with Gasteiger partial charge in [-0.05, 0) is 98.8 Å². The van der Waals surface area contributed by atoms with Crippen LogP contribution in [0.25, 0.3) is 0 Å². The summed E-state index contributed by atoms with van der Waals surface area (Å²) in [6.45, 7) is 1.56. The molecule has 2 aliphatic rings. The lowest BCUT2D eigenvalue weighted by Gasteiger charge is -2.53. The molecule has 10 atom stereocenters. The smallest absolute Gasteiger partial charge is 0.338 e. The average molecular weight is 1110 g/mol. The predicted octanol–water partition coefficient (Wildman–Crippen LogP) is 9.09. The van der Waals surface area contributed by atoms with Gasteiger partial charge in [0.15, 0.2) is 43.1 Å². The quantitative estimate of drug-likeness (QED) is 0.0513. The highest BCUT2D eigenvalue weighted by Gasteiger charge is 2.63. The fourth-order valence-corrected chi connectivity index (χ4v) is 9.18. The molecule has 9 rings (SSSR count). The van der Waals surface area contributed by atoms with Gasteiger partial charge in [0.25, 0.3) is 0 Å². The zero-order valence-electron chi connectivity index (χ0n) is 44.4. The van der Waals surface area contributed by atoms with Crippen LogP contribution in [-0.2, 0) is 52.1 Å². The van der Waals surface area contributed by atoms with Crippen LogP contribution < -0.4 is 0 Å². The molecule has 0 saturated carbocycles. The lowest BCUT2D eigenvalue weighted by Crippen LogP contribution is -2.72. The number of hydrogen-bond donors (Lipinski definition) is 0. The summed E-state index contributed by atoms with van der Waals surface area (Å²) in [5.41, 5.74) is -1.82. The summed E-state index contributed by atoms with van der Waals surface area (Å²) >= 11 is 0. The van der Waals surface area contributed by atoms with Crippen LogP contribution in [0.4, 0.5) is 0 Å². The number of esters is 7. The number of carbonyl (C=O) groups is 7. The maximum atomic E-state index is 14.6. The van der Waals surface area contributed by atoms with E-state index in [0.717, 1.165) is 0 Å². The molecular formula is C64H56O18. The van der Waals surface area contributed by atoms with E-state index < -0.39 is 116 Å². The Bertz CT molecular complexity index is 3260. The maximum absolute atomic E-state index is 14.6. The monoisotopic (exact) mass is 1110 g/mol. The first-order chi connectivity index (χ1) is 39.9. The van der Waals surface area contributed by atoms with E-state index in [-0.39, 0.29) is 45.6 Å². The van der Waals surface area contributed by atoms with Gasteiger partial charge in [-0.3, -0.25) is 0 Å². The molecule has 82 heavy (non-hydrogen) atoms. The van der Waals surface area contributed by atoms with Crippen LogP contribution in [0.15, 0.2) is 212 Å². The van der Waals surface area contributed by atoms with Gasteiger partial charge in [0, 0.05) is 6.61 Å². The van der Waals surface area contributed by atoms with Gasteiger partial charge in [0.2, 0.25) is 0 Å². The zero-order valence-corrected chi connectivity index (χ0v) is 44.4. The van der Waals surface area contributed by atoms with Gasteiger partial charge >= 0.3 is 41.8 Å². The molecular weight excluding hydrogens is 1060 g/mol. The fourth-order valence-electron chi connectivity index (χ4n) is 9.18. The van der Waals surface area contributed by atoms with E-state index in [1.807, 2.05) is 0 Å². The first-order valence-corrected chi connectivity index (χ1v) is 26.2. The van der Waals surface area contributed by atoms with E-state index in [9.17, 15) is 33.6 Å². The van der Waals surface area contributed by atoms with Gasteiger partial charge in [0.05, 0.1) is 38.9 Å². The number of ether oxygens (including phenoxy) is 11. The zero-order chi connectivity index (χ0) is 57.4. The minimum absolute atomic E-state index is 0.00570. The summed E-state index contributed by atoms with van der Waals surface area (Å²) in [5, 5.41) is 0. The fraction of sp³-hybridized carbons (Fsp3) is 0.234. The summed E-state index contributed by atoms with van der Waals surface area (Å²) in [5.74, 6) is -6.47. The second-order valence-corrected chi connectivity index (χ2v) is 18.9. The highest BCUT2D eigenvalue weighted by molar-refractivity contribution is 5.93. The maximum Gasteiger partial charge on any atom is 0.338 e. The Morgan fingerprint density at radius 3 is 1.06 bits per heavy atom. The molecule has 2 aliphatic heterocycles. The lowest BCUT2D eigenvalue weighted by atomic mass is 9.84. The molecule has 0 aromatic heterocycles. The van der Waals surface area contributed by atoms with E-state index in [1.54, 1.807) is 134 Å². The van der Waals surface area contributed by atoms with Gasteiger partial charge in [-0.25, -0.2) is 33.6 Å². The van der Waals surface area contributed by atoms with Crippen molar-refractivity contribution in [2.24, 2.45) is 0 Å². The van der Waals surface area contributed by atoms with E-state index >= 15 is 0 Å². The van der Waals surface area contributed by atoms with Crippen molar-refractivity contribution in [1.82, 2.24) is 0 Å². The Kier molecular flexibility index (Phi) is 19.0. The topological polar surface area (TPSA) is 221 Å². The molecule has 7 aromatic carbocycles. The molecule has 8 unspecified atom stereocenters. The second kappa shape index (κ2) is 27.2. The third kappa shape index (κ3) is 14.0. The Morgan fingerprint density at radius 2 is 0.683 bits per heavy atom. The van der Waals surface area contributed by atoms with Crippen molar-refractivity contribution in [3.63, 3.8) is 0 Å². The molecule has 0 aliphatic carbocycles. The molecule has 18 nitrogen and oxygen atoms in total. The van der Waals surface area contributed by atoms with Crippen molar-refractivity contribution in [1.29, 1.82) is 0 Å². The molecule has 0 N–H and O–H groups in total. The summed E-state index contributed by atoms with van der Waals surface area (Å²) in [4.78, 5) is 100. The second-order valence-electron chi connectivity index (χ2n) is 18.9. The van der Waals surface area contributed by atoms with Crippen LogP contribution in [0.1, 0.15) is 86.4 Å². The molecule has 2 saturated heterocycles. The molecule has 0 amide bonds. The molecule has 0 bridgehead atoms. The Morgan fingerprint density at radius 1 is 0.366 bits per heavy atom. The number of rotatable bonds is 20. The number of carbonyl (C=O) groups excluding carboxylic acids is 7. The summed E-state index contributed by atoms with van der Waals surface area (Å²) in [6, 6.07) is 55.0. The van der Waals surface area contributed by atoms with Crippen LogP contribution >= 0.6 is 0 Å². The summed E-state index contributed by atoms with van der Waals surface area (Å²) in [7, 11) is 0. The summed E-state index contributed by atoms with van der Waals surface area (Å²) in [6.07, 6.45) is -16.2. The predicted molar refractivity (Wildman–Crippen MR) is 290 cm³/mol. The van der Waals surface area contributed by atoms with Gasteiger partial charge in [-0.15, -0.1) is 0 Å². The number of benzene rings is 7. The van der Waals surface area contributed by atoms with Crippen molar-refractivity contribution < 1.29 is 85.7 Å². The highest BCUT2D eigenvalue weighted by Crippen LogP contribution is 2.42. The van der Waals surface area contributed by atoms with Crippen LogP contribution in [0.3, 0.4) is 0 Å². The van der Waals surface area contributed by atoms with Crippen molar-refractivity contribution in [3.8, 4) is 0 Å². The Balaban J connectivity index is 1.22. The van der Waals surface area contributed by atoms with Crippen LogP contribution in [0, 0.1) is 0 Å². The number of hydrogen-bond acceptors (Lipinski definition) is 18. The SMILES string of the molecule is CCOC1OC(COC(=O)c2ccccc2)[C@@](C)(OC2OC(COC(=O)c3ccccc3)[C@H](OC(=O)c3ccccc3)C(OC(=O)c3ccccc3)C2OC(=O)c2ccccc2)C(OC(=O)c2ccccc2)C1OC(=O)c1ccccc1. The van der Waals surface area contributed by atoms with Crippen molar-refractivity contribution in [2.45, 2.75) is 74.8 Å². The van der Waals surface area contributed by atoms with Crippen molar-refractivity contribution in [3.05, 3.63) is 251 Å². The summed E-state index contributed by atoms with van der Waals surface area (Å²) < 4.78 is 70.3. The lowest BCUT2D eigenvalue weighted by molar-refractivity contribution is -0.383. The molecule has 18 heteroatoms. The van der Waals surface area contributed by atoms with Gasteiger partial charge in [-0.1, -0.05) is 127 Å². The van der Waals surface area contributed by atoms with Crippen LogP contribution in [0.5, 0.6) is 0 Å². The van der Waals surface area contributed by atoms with Gasteiger partial charge in [0.1, 0.15) is 31.0 Å². The standard InChI is InChI=1S/C64H56O18/c1-3-72-62-53(80-60(70)46-35-21-9-22-36-46)54(81-61(71)47-37-23-10-24-38-47)64(2,49(76-62)40-74-56(66)42-27-13-5-14-28-42)82-63-52(79-59(69)45-33-19-8-20-34-45)51(78-58(68)44-31-17-7-18-32-44)50(77-57(67)43-29-15-6-16-30-43)48(75-63)39-73-55(65)41-25-11-4-12-26-41/h4-38,48-54,62-63H,3,39-40H2,1-2H3/t48?,49?,50-,51?,52?,53?,54?,62?,63?,64+/m0/s1. The molecule has 2 fully saturated rings. The van der Waals surface area contributed by atoms with Gasteiger partial charge in [-0.2, -0.15) is 0 Å². The first kappa shape index (κ1) is 57.4. The Labute approximate surface area is 471 Å². The highest BCUT2D eigenvalue weighted by atomic mass is 16.8. The third-order valence-electron chi connectivity index (χ3n) is 13.4. The largest absolute Gasteiger partial charge is 0.459 e. The van der Waals surface area contributed by atoms with E-state index in [4.69, 9.17) is 52.1 Å².